The van der Waals surface area contributed by atoms with Gasteiger partial charge in [0.15, 0.2) is 0 Å². The highest BCUT2D eigenvalue weighted by Crippen LogP contribution is 2.16. The zero-order valence-electron chi connectivity index (χ0n) is 18.6. The summed E-state index contributed by atoms with van der Waals surface area (Å²) in [5.74, 6) is -1.21. The lowest BCUT2D eigenvalue weighted by Crippen LogP contribution is -3.27. The quantitative estimate of drug-likeness (QED) is 0.388. The van der Waals surface area contributed by atoms with Crippen LogP contribution in [0.4, 0.5) is 5.69 Å². The molecule has 0 saturated carbocycles. The molecule has 0 bridgehead atoms. The highest BCUT2D eigenvalue weighted by Gasteiger charge is 2.30. The van der Waals surface area contributed by atoms with Gasteiger partial charge in [0.25, 0.3) is 0 Å². The molecule has 1 aliphatic heterocycles. The normalized spacial score (nSPS) is 19.3. The second kappa shape index (κ2) is 10.9. The number of aromatic nitrogens is 1. The Hall–Kier alpha value is -2.97. The van der Waals surface area contributed by atoms with Crippen LogP contribution in [0.5, 0.6) is 0 Å². The van der Waals surface area contributed by atoms with Crippen LogP contribution in [-0.4, -0.2) is 70.7 Å². The second-order valence-corrected chi connectivity index (χ2v) is 8.40. The largest absolute Gasteiger partial charge is 0.378 e. The van der Waals surface area contributed by atoms with Crippen molar-refractivity contribution in [3.8, 4) is 0 Å². The van der Waals surface area contributed by atoms with Gasteiger partial charge in [-0.1, -0.05) is 12.1 Å². The predicted octanol–water partition coefficient (Wildman–Crippen LogP) is -1.97. The molecule has 166 valence electrons. The summed E-state index contributed by atoms with van der Waals surface area (Å²) in [6.45, 7) is 5.00. The van der Waals surface area contributed by atoms with E-state index < -0.39 is 11.8 Å². The molecule has 0 aliphatic carbocycles. The van der Waals surface area contributed by atoms with Gasteiger partial charge in [0.1, 0.15) is 32.2 Å². The van der Waals surface area contributed by atoms with Gasteiger partial charge < -0.3 is 25.3 Å². The summed E-state index contributed by atoms with van der Waals surface area (Å²) in [6.07, 6.45) is 3.32. The molecule has 31 heavy (non-hydrogen) atoms. The summed E-state index contributed by atoms with van der Waals surface area (Å²) >= 11 is 0. The van der Waals surface area contributed by atoms with Gasteiger partial charge in [0, 0.05) is 44.3 Å². The van der Waals surface area contributed by atoms with E-state index >= 15 is 0 Å². The molecule has 1 aromatic carbocycles. The lowest BCUT2D eigenvalue weighted by atomic mass is 10.0. The monoisotopic (exact) mass is 426 g/mol. The summed E-state index contributed by atoms with van der Waals surface area (Å²) < 4.78 is 0. The fourth-order valence-electron chi connectivity index (χ4n) is 3.89. The average molecular weight is 427 g/mol. The van der Waals surface area contributed by atoms with E-state index in [1.54, 1.807) is 12.4 Å². The molecule has 0 spiro atoms. The van der Waals surface area contributed by atoms with E-state index in [0.29, 0.717) is 13.1 Å². The third kappa shape index (κ3) is 6.50. The van der Waals surface area contributed by atoms with Crippen molar-refractivity contribution in [2.24, 2.45) is 0 Å². The van der Waals surface area contributed by atoms with Crippen molar-refractivity contribution < 1.29 is 19.4 Å². The molecule has 0 unspecified atom stereocenters. The molecule has 1 aliphatic rings. The molecule has 1 atom stereocenters. The standard InChI is InChI=1S/C23H32N6O2/c1-27(2)20-6-4-19(5-7-20)21(29-14-12-28(3)13-15-29)17-26-23(31)22(30)25-16-18-8-10-24-11-9-18/h4-11,21H,12-17H2,1-3H3,(H,25,30)(H,26,31)/p+2/t21-/m0/s1. The number of anilines is 1. The van der Waals surface area contributed by atoms with E-state index in [1.807, 2.05) is 26.2 Å². The number of hydrogen-bond acceptors (Lipinski definition) is 4. The van der Waals surface area contributed by atoms with Crippen molar-refractivity contribution in [1.29, 1.82) is 0 Å². The van der Waals surface area contributed by atoms with Crippen LogP contribution < -0.4 is 25.3 Å². The molecule has 4 N–H and O–H groups in total. The smallest absolute Gasteiger partial charge is 0.309 e. The third-order valence-corrected chi connectivity index (χ3v) is 5.93. The molecule has 2 amide bonds. The Morgan fingerprint density at radius 2 is 1.58 bits per heavy atom. The van der Waals surface area contributed by atoms with Crippen molar-refractivity contribution in [1.82, 2.24) is 15.6 Å². The van der Waals surface area contributed by atoms with Gasteiger partial charge in [-0.2, -0.15) is 0 Å². The van der Waals surface area contributed by atoms with Gasteiger partial charge in [-0.05, 0) is 29.8 Å². The van der Waals surface area contributed by atoms with Gasteiger partial charge in [0.2, 0.25) is 0 Å². The summed E-state index contributed by atoms with van der Waals surface area (Å²) in [6, 6.07) is 12.2. The molecular weight excluding hydrogens is 392 g/mol. The molecule has 8 nitrogen and oxygen atoms in total. The van der Waals surface area contributed by atoms with Crippen LogP contribution in [0.3, 0.4) is 0 Å². The van der Waals surface area contributed by atoms with E-state index in [1.165, 1.54) is 15.4 Å². The van der Waals surface area contributed by atoms with E-state index in [0.717, 1.165) is 37.4 Å². The van der Waals surface area contributed by atoms with Crippen molar-refractivity contribution >= 4 is 17.5 Å². The first kappa shape index (κ1) is 22.7. The number of piperazine rings is 1. The van der Waals surface area contributed by atoms with Crippen LogP contribution in [0.25, 0.3) is 0 Å². The number of likely N-dealkylation sites (N-methyl/N-ethyl adjacent to an activating group) is 1. The van der Waals surface area contributed by atoms with Crippen molar-refractivity contribution in [3.63, 3.8) is 0 Å². The first-order valence-electron chi connectivity index (χ1n) is 10.8. The van der Waals surface area contributed by atoms with Crippen LogP contribution in [0.1, 0.15) is 17.2 Å². The van der Waals surface area contributed by atoms with E-state index in [-0.39, 0.29) is 6.04 Å². The van der Waals surface area contributed by atoms with Crippen molar-refractivity contribution in [2.75, 3.05) is 58.8 Å². The highest BCUT2D eigenvalue weighted by atomic mass is 16.2. The Labute approximate surface area is 184 Å². The number of quaternary nitrogens is 2. The number of nitrogens with one attached hydrogen (secondary N) is 4. The van der Waals surface area contributed by atoms with Gasteiger partial charge in [0.05, 0.1) is 13.6 Å². The van der Waals surface area contributed by atoms with Gasteiger partial charge in [-0.15, -0.1) is 0 Å². The van der Waals surface area contributed by atoms with Gasteiger partial charge in [-0.25, -0.2) is 0 Å². The van der Waals surface area contributed by atoms with Gasteiger partial charge in [-0.3, -0.25) is 14.6 Å². The minimum Gasteiger partial charge on any atom is -0.378 e. The molecule has 2 heterocycles. The fourth-order valence-corrected chi connectivity index (χ4v) is 3.89. The second-order valence-electron chi connectivity index (χ2n) is 8.40. The number of benzene rings is 1. The number of pyridine rings is 1. The van der Waals surface area contributed by atoms with E-state index in [9.17, 15) is 9.59 Å². The SMILES string of the molecule is CN(C)c1ccc([C@H](CNC(=O)C(=O)NCc2ccncc2)[NH+]2CC[NH+](C)CC2)cc1. The summed E-state index contributed by atoms with van der Waals surface area (Å²) in [5, 5.41) is 5.53. The van der Waals surface area contributed by atoms with Crippen LogP contribution in [0, 0.1) is 0 Å². The maximum Gasteiger partial charge on any atom is 0.309 e. The number of amides is 2. The van der Waals surface area contributed by atoms with Crippen molar-refractivity contribution in [2.45, 2.75) is 12.6 Å². The molecular formula is C23H34N6O2+2. The van der Waals surface area contributed by atoms with E-state index in [2.05, 4.69) is 51.8 Å². The first-order chi connectivity index (χ1) is 14.9. The minimum atomic E-state index is -0.615. The Balaban J connectivity index is 1.62. The van der Waals surface area contributed by atoms with Crippen LogP contribution >= 0.6 is 0 Å². The zero-order valence-corrected chi connectivity index (χ0v) is 18.6. The highest BCUT2D eigenvalue weighted by molar-refractivity contribution is 6.35. The summed E-state index contributed by atoms with van der Waals surface area (Å²) in [5.41, 5.74) is 3.22. The Morgan fingerprint density at radius 3 is 2.19 bits per heavy atom. The molecule has 1 aromatic heterocycles. The number of nitrogens with zero attached hydrogens (tertiary/aromatic N) is 2. The number of rotatable bonds is 7. The molecule has 1 fully saturated rings. The topological polar surface area (TPSA) is 83.2 Å². The predicted molar refractivity (Wildman–Crippen MR) is 120 cm³/mol. The lowest BCUT2D eigenvalue weighted by molar-refractivity contribution is -1.02. The van der Waals surface area contributed by atoms with Crippen LogP contribution in [0.2, 0.25) is 0 Å². The Kier molecular flexibility index (Phi) is 7.97. The van der Waals surface area contributed by atoms with Gasteiger partial charge >= 0.3 is 11.8 Å². The third-order valence-electron chi connectivity index (χ3n) is 5.93. The maximum absolute atomic E-state index is 12.4. The lowest BCUT2D eigenvalue weighted by Gasteiger charge is -2.33. The Morgan fingerprint density at radius 1 is 0.968 bits per heavy atom. The average Bonchev–Trinajstić information content (AvgIpc) is 2.79. The molecule has 2 aromatic rings. The number of carbonyl (C=O) groups is 2. The van der Waals surface area contributed by atoms with Crippen LogP contribution in [0.15, 0.2) is 48.8 Å². The molecule has 0 radical (unpaired) electrons. The summed E-state index contributed by atoms with van der Waals surface area (Å²) in [4.78, 5) is 33.7. The minimum absolute atomic E-state index is 0.112. The van der Waals surface area contributed by atoms with E-state index in [4.69, 9.17) is 0 Å². The molecule has 8 heteroatoms. The first-order valence-corrected chi connectivity index (χ1v) is 10.8. The number of carbonyl (C=O) groups excluding carboxylic acids is 2. The molecule has 1 saturated heterocycles. The fraction of sp³-hybridized carbons (Fsp3) is 0.435. The molecule has 3 rings (SSSR count). The van der Waals surface area contributed by atoms with Crippen molar-refractivity contribution in [3.05, 3.63) is 59.9 Å². The Bertz CT molecular complexity index is 848. The zero-order chi connectivity index (χ0) is 22.2. The number of hydrogen-bond donors (Lipinski definition) is 4. The maximum atomic E-state index is 12.4. The van der Waals surface area contributed by atoms with Crippen LogP contribution in [-0.2, 0) is 16.1 Å². The summed E-state index contributed by atoms with van der Waals surface area (Å²) in [7, 11) is 6.25.